The number of nitrogens with zero attached hydrogens (tertiary/aromatic N) is 1. The maximum absolute atomic E-state index is 11.7. The molecule has 0 aliphatic heterocycles. The summed E-state index contributed by atoms with van der Waals surface area (Å²) in [6.07, 6.45) is -0.308. The number of amides is 1. The minimum absolute atomic E-state index is 0.308. The van der Waals surface area contributed by atoms with Gasteiger partial charge < -0.3 is 20.7 Å². The zero-order valence-electron chi connectivity index (χ0n) is 12.8. The van der Waals surface area contributed by atoms with Crippen LogP contribution in [0.1, 0.15) is 26.3 Å². The molecule has 1 aromatic carbocycles. The molecule has 0 aliphatic rings. The molecule has 112 valence electrons. The Morgan fingerprint density at radius 2 is 1.90 bits per heavy atom. The molecule has 0 saturated carbocycles. The molecule has 0 saturated heterocycles. The molecule has 0 aromatic heterocycles. The highest BCUT2D eigenvalue weighted by molar-refractivity contribution is 5.67. The molecule has 1 amide bonds. The van der Waals surface area contributed by atoms with E-state index in [1.807, 2.05) is 45.0 Å². The average molecular weight is 279 g/mol. The number of benzene rings is 1. The van der Waals surface area contributed by atoms with E-state index in [0.29, 0.717) is 19.6 Å². The maximum atomic E-state index is 11.7. The fourth-order valence-electron chi connectivity index (χ4n) is 1.56. The smallest absolute Gasteiger partial charge is 0.410 e. The third-order valence-electron chi connectivity index (χ3n) is 2.67. The summed E-state index contributed by atoms with van der Waals surface area (Å²) in [5, 5.41) is 3.25. The quantitative estimate of drug-likeness (QED) is 0.868. The lowest BCUT2D eigenvalue weighted by atomic mass is 10.2. The van der Waals surface area contributed by atoms with Crippen LogP contribution < -0.4 is 11.1 Å². The molecule has 0 heterocycles. The SMILES string of the molecule is CN(CCNc1ccc(CN)cc1)C(=O)OC(C)(C)C. The summed E-state index contributed by atoms with van der Waals surface area (Å²) in [6.45, 7) is 7.36. The Labute approximate surface area is 121 Å². The Hall–Kier alpha value is -1.75. The van der Waals surface area contributed by atoms with Crippen molar-refractivity contribution >= 4 is 11.8 Å². The van der Waals surface area contributed by atoms with E-state index in [4.69, 9.17) is 10.5 Å². The summed E-state index contributed by atoms with van der Waals surface area (Å²) >= 11 is 0. The lowest BCUT2D eigenvalue weighted by Crippen LogP contribution is -2.36. The molecule has 0 atom stereocenters. The highest BCUT2D eigenvalue weighted by Gasteiger charge is 2.18. The Balaban J connectivity index is 2.34. The maximum Gasteiger partial charge on any atom is 0.410 e. The molecule has 0 fully saturated rings. The summed E-state index contributed by atoms with van der Waals surface area (Å²) in [5.41, 5.74) is 7.20. The van der Waals surface area contributed by atoms with Crippen molar-refractivity contribution in [2.45, 2.75) is 32.9 Å². The Morgan fingerprint density at radius 1 is 1.30 bits per heavy atom. The van der Waals surface area contributed by atoms with Crippen LogP contribution in [0.2, 0.25) is 0 Å². The van der Waals surface area contributed by atoms with Crippen LogP contribution >= 0.6 is 0 Å². The van der Waals surface area contributed by atoms with Crippen molar-refractivity contribution in [1.29, 1.82) is 0 Å². The molecule has 3 N–H and O–H groups in total. The normalized spacial score (nSPS) is 11.1. The van der Waals surface area contributed by atoms with Gasteiger partial charge in [0.15, 0.2) is 0 Å². The van der Waals surface area contributed by atoms with Gasteiger partial charge in [-0.25, -0.2) is 4.79 Å². The molecule has 1 aromatic rings. The van der Waals surface area contributed by atoms with Gasteiger partial charge >= 0.3 is 6.09 Å². The molecule has 1 rings (SSSR count). The monoisotopic (exact) mass is 279 g/mol. The number of anilines is 1. The summed E-state index contributed by atoms with van der Waals surface area (Å²) in [7, 11) is 1.73. The van der Waals surface area contributed by atoms with E-state index in [1.54, 1.807) is 11.9 Å². The summed E-state index contributed by atoms with van der Waals surface area (Å²) in [4.78, 5) is 13.3. The van der Waals surface area contributed by atoms with Crippen LogP contribution in [-0.4, -0.2) is 36.7 Å². The van der Waals surface area contributed by atoms with Crippen molar-refractivity contribution in [3.05, 3.63) is 29.8 Å². The second-order valence-corrected chi connectivity index (χ2v) is 5.73. The topological polar surface area (TPSA) is 67.6 Å². The van der Waals surface area contributed by atoms with E-state index in [9.17, 15) is 4.79 Å². The first-order valence-electron chi connectivity index (χ1n) is 6.79. The standard InChI is InChI=1S/C15H25N3O2/c1-15(2,3)20-14(19)18(4)10-9-17-13-7-5-12(11-16)6-8-13/h5-8,17H,9-11,16H2,1-4H3. The largest absolute Gasteiger partial charge is 0.444 e. The fourth-order valence-corrected chi connectivity index (χ4v) is 1.56. The van der Waals surface area contributed by atoms with E-state index in [2.05, 4.69) is 5.32 Å². The van der Waals surface area contributed by atoms with Crippen LogP contribution in [0.15, 0.2) is 24.3 Å². The first-order chi connectivity index (χ1) is 9.31. The minimum atomic E-state index is -0.461. The highest BCUT2D eigenvalue weighted by Crippen LogP contribution is 2.10. The van der Waals surface area contributed by atoms with Gasteiger partial charge in [-0.15, -0.1) is 0 Å². The molecule has 0 aliphatic carbocycles. The van der Waals surface area contributed by atoms with Gasteiger partial charge in [-0.2, -0.15) is 0 Å². The molecule has 20 heavy (non-hydrogen) atoms. The number of nitrogens with two attached hydrogens (primary N) is 1. The van der Waals surface area contributed by atoms with Crippen molar-refractivity contribution in [2.75, 3.05) is 25.5 Å². The first-order valence-corrected chi connectivity index (χ1v) is 6.79. The van der Waals surface area contributed by atoms with E-state index < -0.39 is 5.60 Å². The van der Waals surface area contributed by atoms with Crippen molar-refractivity contribution in [3.63, 3.8) is 0 Å². The summed E-state index contributed by atoms with van der Waals surface area (Å²) in [5.74, 6) is 0. The number of carbonyl (C=O) groups excluding carboxylic acids is 1. The second-order valence-electron chi connectivity index (χ2n) is 5.73. The van der Waals surface area contributed by atoms with Gasteiger partial charge in [0.25, 0.3) is 0 Å². The first kappa shape index (κ1) is 16.3. The third-order valence-corrected chi connectivity index (χ3v) is 2.67. The molecular formula is C15H25N3O2. The molecule has 0 unspecified atom stereocenters. The van der Waals surface area contributed by atoms with Gasteiger partial charge in [0.2, 0.25) is 0 Å². The lowest BCUT2D eigenvalue weighted by molar-refractivity contribution is 0.0305. The van der Waals surface area contributed by atoms with Gasteiger partial charge in [0.05, 0.1) is 0 Å². The number of rotatable bonds is 5. The molecule has 0 radical (unpaired) electrons. The van der Waals surface area contributed by atoms with Gasteiger partial charge in [0.1, 0.15) is 5.60 Å². The van der Waals surface area contributed by atoms with Crippen LogP contribution in [0.5, 0.6) is 0 Å². The summed E-state index contributed by atoms with van der Waals surface area (Å²) in [6, 6.07) is 7.94. The average Bonchev–Trinajstić information content (AvgIpc) is 2.37. The highest BCUT2D eigenvalue weighted by atomic mass is 16.6. The summed E-state index contributed by atoms with van der Waals surface area (Å²) < 4.78 is 5.28. The van der Waals surface area contributed by atoms with Crippen LogP contribution in [0.4, 0.5) is 10.5 Å². The van der Waals surface area contributed by atoms with Crippen LogP contribution in [0, 0.1) is 0 Å². The lowest BCUT2D eigenvalue weighted by Gasteiger charge is -2.24. The fraction of sp³-hybridized carbons (Fsp3) is 0.533. The Kier molecular flexibility index (Phi) is 5.82. The van der Waals surface area contributed by atoms with Crippen LogP contribution in [0.25, 0.3) is 0 Å². The van der Waals surface area contributed by atoms with Crippen molar-refractivity contribution in [2.24, 2.45) is 5.73 Å². The Morgan fingerprint density at radius 3 is 2.40 bits per heavy atom. The predicted molar refractivity (Wildman–Crippen MR) is 81.7 cm³/mol. The molecular weight excluding hydrogens is 254 g/mol. The van der Waals surface area contributed by atoms with Gasteiger partial charge in [-0.3, -0.25) is 0 Å². The van der Waals surface area contributed by atoms with Gasteiger partial charge in [-0.05, 0) is 38.5 Å². The van der Waals surface area contributed by atoms with E-state index >= 15 is 0 Å². The van der Waals surface area contributed by atoms with E-state index in [0.717, 1.165) is 11.3 Å². The van der Waals surface area contributed by atoms with Crippen LogP contribution in [0.3, 0.4) is 0 Å². The number of hydrogen-bond donors (Lipinski definition) is 2. The number of likely N-dealkylation sites (N-methyl/N-ethyl adjacent to an activating group) is 1. The van der Waals surface area contributed by atoms with Gasteiger partial charge in [-0.1, -0.05) is 12.1 Å². The second kappa shape index (κ2) is 7.14. The predicted octanol–water partition coefficient (Wildman–Crippen LogP) is 2.42. The van der Waals surface area contributed by atoms with Crippen LogP contribution in [-0.2, 0) is 11.3 Å². The zero-order chi connectivity index (χ0) is 15.2. The third kappa shape index (κ3) is 5.93. The Bertz CT molecular complexity index is 424. The number of hydrogen-bond acceptors (Lipinski definition) is 4. The van der Waals surface area contributed by atoms with E-state index in [1.165, 1.54) is 0 Å². The van der Waals surface area contributed by atoms with Crippen molar-refractivity contribution in [3.8, 4) is 0 Å². The van der Waals surface area contributed by atoms with Crippen molar-refractivity contribution < 1.29 is 9.53 Å². The minimum Gasteiger partial charge on any atom is -0.444 e. The molecule has 5 nitrogen and oxygen atoms in total. The molecule has 0 spiro atoms. The molecule has 0 bridgehead atoms. The molecule has 5 heteroatoms. The zero-order valence-corrected chi connectivity index (χ0v) is 12.8. The van der Waals surface area contributed by atoms with Crippen molar-refractivity contribution in [1.82, 2.24) is 4.90 Å². The van der Waals surface area contributed by atoms with E-state index in [-0.39, 0.29) is 6.09 Å². The number of nitrogens with one attached hydrogen (secondary N) is 1. The number of ether oxygens (including phenoxy) is 1. The van der Waals surface area contributed by atoms with Gasteiger partial charge in [0, 0.05) is 32.4 Å². The number of carbonyl (C=O) groups is 1.